The van der Waals surface area contributed by atoms with Crippen molar-refractivity contribution in [2.75, 3.05) is 32.8 Å². The fraction of sp³-hybridized carbons (Fsp3) is 0.462. The number of carbonyl (C=O) groups excluding carboxylic acids is 3. The molecule has 4 rings (SSSR count). The number of para-hydroxylation sites is 1. The number of fused-ring (bicyclic) bond motifs is 1. The van der Waals surface area contributed by atoms with Crippen LogP contribution in [0.15, 0.2) is 47.0 Å². The normalized spacial score (nSPS) is 20.3. The molecule has 0 bridgehead atoms. The number of aryl methyl sites for hydroxylation is 1. The molecule has 2 N–H and O–H groups in total. The molecule has 0 atom stereocenters. The van der Waals surface area contributed by atoms with Gasteiger partial charge in [-0.3, -0.25) is 14.4 Å². The first kappa shape index (κ1) is 24.5. The molecule has 35 heavy (non-hydrogen) atoms. The van der Waals surface area contributed by atoms with Gasteiger partial charge in [0.2, 0.25) is 11.7 Å². The van der Waals surface area contributed by atoms with Crippen molar-refractivity contribution in [2.24, 2.45) is 5.41 Å². The molecule has 1 fully saturated rings. The minimum Gasteiger partial charge on any atom is -0.492 e. The van der Waals surface area contributed by atoms with Gasteiger partial charge in [-0.2, -0.15) is 0 Å². The molecular formula is C26H32N4O5. The molecule has 2 aromatic rings. The van der Waals surface area contributed by atoms with Crippen LogP contribution in [0.3, 0.4) is 0 Å². The molecule has 1 aromatic heterocycles. The Morgan fingerprint density at radius 1 is 1.09 bits per heavy atom. The summed E-state index contributed by atoms with van der Waals surface area (Å²) in [5, 5.41) is 9.76. The highest BCUT2D eigenvalue weighted by Crippen LogP contribution is 2.36. The molecule has 3 heterocycles. The highest BCUT2D eigenvalue weighted by molar-refractivity contribution is 5.96. The van der Waals surface area contributed by atoms with Crippen LogP contribution in [-0.4, -0.2) is 60.6 Å². The lowest BCUT2D eigenvalue weighted by molar-refractivity contribution is -0.133. The van der Waals surface area contributed by atoms with Gasteiger partial charge in [-0.15, -0.1) is 0 Å². The fourth-order valence-electron chi connectivity index (χ4n) is 4.50. The summed E-state index contributed by atoms with van der Waals surface area (Å²) in [5.41, 5.74) is 0.583. The van der Waals surface area contributed by atoms with Gasteiger partial charge in [0.15, 0.2) is 0 Å². The number of carbonyl (C=O) groups is 3. The Kier molecular flexibility index (Phi) is 7.84. The highest BCUT2D eigenvalue weighted by atomic mass is 16.5. The molecule has 0 unspecified atom stereocenters. The third-order valence-corrected chi connectivity index (χ3v) is 6.60. The summed E-state index contributed by atoms with van der Waals surface area (Å²) >= 11 is 0. The minimum absolute atomic E-state index is 0.00947. The Morgan fingerprint density at radius 2 is 1.86 bits per heavy atom. The Bertz CT molecular complexity index is 1080. The van der Waals surface area contributed by atoms with E-state index in [0.717, 1.165) is 0 Å². The number of ether oxygens (including phenoxy) is 1. The Morgan fingerprint density at radius 3 is 2.63 bits per heavy atom. The van der Waals surface area contributed by atoms with Gasteiger partial charge in [0.25, 0.3) is 11.8 Å². The van der Waals surface area contributed by atoms with Gasteiger partial charge in [-0.25, -0.2) is 0 Å². The first-order chi connectivity index (χ1) is 17.0. The Hall–Kier alpha value is -3.62. The largest absolute Gasteiger partial charge is 0.492 e. The molecule has 9 nitrogen and oxygen atoms in total. The second kappa shape index (κ2) is 11.2. The van der Waals surface area contributed by atoms with Crippen molar-refractivity contribution in [3.63, 3.8) is 0 Å². The van der Waals surface area contributed by atoms with E-state index in [1.54, 1.807) is 30.0 Å². The maximum atomic E-state index is 13.3. The number of aromatic nitrogens is 1. The third kappa shape index (κ3) is 5.90. The fourth-order valence-corrected chi connectivity index (χ4v) is 4.50. The maximum Gasteiger partial charge on any atom is 0.292 e. The van der Waals surface area contributed by atoms with Crippen LogP contribution < -0.4 is 15.4 Å². The second-order valence-corrected chi connectivity index (χ2v) is 9.08. The molecule has 0 aliphatic carbocycles. The third-order valence-electron chi connectivity index (χ3n) is 6.60. The number of nitrogens with one attached hydrogen (secondary N) is 2. The van der Waals surface area contributed by atoms with E-state index in [0.29, 0.717) is 81.9 Å². The van der Waals surface area contributed by atoms with Crippen LogP contribution in [0.25, 0.3) is 0 Å². The molecule has 1 aromatic carbocycles. The number of allylic oxidation sites excluding steroid dienone is 1. The second-order valence-electron chi connectivity index (χ2n) is 9.08. The predicted molar refractivity (Wildman–Crippen MR) is 129 cm³/mol. The van der Waals surface area contributed by atoms with E-state index in [9.17, 15) is 14.4 Å². The van der Waals surface area contributed by atoms with Crippen molar-refractivity contribution in [1.29, 1.82) is 0 Å². The predicted octanol–water partition coefficient (Wildman–Crippen LogP) is 2.87. The van der Waals surface area contributed by atoms with Gasteiger partial charge in [0, 0.05) is 32.2 Å². The van der Waals surface area contributed by atoms with Crippen molar-refractivity contribution in [3.8, 4) is 5.75 Å². The first-order valence-electron chi connectivity index (χ1n) is 12.1. The van der Waals surface area contributed by atoms with E-state index in [2.05, 4.69) is 15.8 Å². The van der Waals surface area contributed by atoms with E-state index in [4.69, 9.17) is 9.26 Å². The van der Waals surface area contributed by atoms with Gasteiger partial charge in [-0.05, 0) is 51.2 Å². The van der Waals surface area contributed by atoms with Crippen LogP contribution >= 0.6 is 0 Å². The molecule has 0 saturated carbocycles. The molecule has 2 aliphatic rings. The SMILES string of the molecule is Cc1cc(C(=O)N2CCC3(C/C=C/CCOc4ccccc4C(=O)NCCCNC3=O)CC2)on1. The number of amides is 3. The number of hydrogen-bond donors (Lipinski definition) is 2. The van der Waals surface area contributed by atoms with Gasteiger partial charge >= 0.3 is 0 Å². The van der Waals surface area contributed by atoms with Gasteiger partial charge in [0.1, 0.15) is 5.75 Å². The number of nitrogens with zero attached hydrogens (tertiary/aromatic N) is 2. The van der Waals surface area contributed by atoms with Crippen molar-refractivity contribution in [2.45, 2.75) is 39.0 Å². The van der Waals surface area contributed by atoms with Crippen LogP contribution in [0.4, 0.5) is 0 Å². The van der Waals surface area contributed by atoms with Crippen molar-refractivity contribution >= 4 is 17.7 Å². The summed E-state index contributed by atoms with van der Waals surface area (Å²) in [6, 6.07) is 8.83. The van der Waals surface area contributed by atoms with E-state index in [-0.39, 0.29) is 23.5 Å². The van der Waals surface area contributed by atoms with Gasteiger partial charge in [-0.1, -0.05) is 29.4 Å². The van der Waals surface area contributed by atoms with Gasteiger partial charge in [0.05, 0.1) is 23.3 Å². The van der Waals surface area contributed by atoms with Crippen LogP contribution in [-0.2, 0) is 4.79 Å². The smallest absolute Gasteiger partial charge is 0.292 e. The molecule has 1 spiro atoms. The zero-order chi connectivity index (χ0) is 24.7. The summed E-state index contributed by atoms with van der Waals surface area (Å²) in [5.74, 6) is 0.395. The molecule has 186 valence electrons. The van der Waals surface area contributed by atoms with E-state index >= 15 is 0 Å². The molecule has 3 amide bonds. The summed E-state index contributed by atoms with van der Waals surface area (Å²) in [6.07, 6.45) is 7.02. The van der Waals surface area contributed by atoms with Gasteiger partial charge < -0.3 is 24.8 Å². The van der Waals surface area contributed by atoms with E-state index in [1.165, 1.54) is 0 Å². The standard InChI is InChI=1S/C26H32N4O5/c1-19-18-22(35-29-19)24(32)30-15-11-26(12-16-30)10-5-2-6-17-34-21-9-4-3-8-20(21)23(31)27-13-7-14-28-25(26)33/h2-5,8-9,18H,6-7,10-17H2,1H3,(H,27,31)(H,28,33)/b5-2+. The monoisotopic (exact) mass is 480 g/mol. The summed E-state index contributed by atoms with van der Waals surface area (Å²) in [4.78, 5) is 40.3. The molecule has 9 heteroatoms. The van der Waals surface area contributed by atoms with Crippen molar-refractivity contribution in [3.05, 3.63) is 59.5 Å². The number of likely N-dealkylation sites (tertiary alicyclic amines) is 1. The van der Waals surface area contributed by atoms with Crippen LogP contribution in [0.2, 0.25) is 0 Å². The minimum atomic E-state index is -0.585. The molecule has 0 radical (unpaired) electrons. The quantitative estimate of drug-likeness (QED) is 0.607. The lowest BCUT2D eigenvalue weighted by atomic mass is 9.74. The lowest BCUT2D eigenvalue weighted by Crippen LogP contribution is -2.50. The lowest BCUT2D eigenvalue weighted by Gasteiger charge is -2.40. The average molecular weight is 481 g/mol. The Balaban J connectivity index is 1.42. The number of rotatable bonds is 1. The van der Waals surface area contributed by atoms with Crippen LogP contribution in [0.1, 0.15) is 58.7 Å². The number of benzene rings is 1. The van der Waals surface area contributed by atoms with Crippen molar-refractivity contribution < 1.29 is 23.6 Å². The average Bonchev–Trinajstić information content (AvgIpc) is 3.31. The summed E-state index contributed by atoms with van der Waals surface area (Å²) in [7, 11) is 0. The summed E-state index contributed by atoms with van der Waals surface area (Å²) in [6.45, 7) is 4.04. The topological polar surface area (TPSA) is 114 Å². The van der Waals surface area contributed by atoms with Crippen LogP contribution in [0, 0.1) is 12.3 Å². The van der Waals surface area contributed by atoms with Crippen LogP contribution in [0.5, 0.6) is 5.75 Å². The van der Waals surface area contributed by atoms with E-state index in [1.807, 2.05) is 24.3 Å². The maximum absolute atomic E-state index is 13.3. The number of hydrogen-bond acceptors (Lipinski definition) is 6. The highest BCUT2D eigenvalue weighted by Gasteiger charge is 2.41. The molecule has 2 aliphatic heterocycles. The van der Waals surface area contributed by atoms with E-state index < -0.39 is 5.41 Å². The number of piperidine rings is 1. The zero-order valence-corrected chi connectivity index (χ0v) is 20.0. The first-order valence-corrected chi connectivity index (χ1v) is 12.1. The van der Waals surface area contributed by atoms with Crippen molar-refractivity contribution in [1.82, 2.24) is 20.7 Å². The zero-order valence-electron chi connectivity index (χ0n) is 20.0. The molecule has 1 saturated heterocycles. The summed E-state index contributed by atoms with van der Waals surface area (Å²) < 4.78 is 11.0. The molecular weight excluding hydrogens is 448 g/mol. The Labute approximate surface area is 204 Å².